The van der Waals surface area contributed by atoms with Gasteiger partial charge in [0.05, 0.1) is 0 Å². The predicted octanol–water partition coefficient (Wildman–Crippen LogP) is 1.24. The maximum Gasteiger partial charge on any atom is 0.0474 e. The van der Waals surface area contributed by atoms with Gasteiger partial charge in [0.25, 0.3) is 0 Å². The molecule has 0 amide bonds. The molecule has 0 bridgehead atoms. The zero-order valence-corrected chi connectivity index (χ0v) is 7.87. The molecule has 2 unspecified atom stereocenters. The van der Waals surface area contributed by atoms with E-state index in [1.54, 1.807) is 0 Å². The topological polar surface area (TPSA) is 23.5 Å². The number of nitrogens with zero attached hydrogens (tertiary/aromatic N) is 1. The van der Waals surface area contributed by atoms with Crippen molar-refractivity contribution in [3.63, 3.8) is 0 Å². The molecular weight excluding hydrogens is 150 g/mol. The first-order valence-corrected chi connectivity index (χ1v) is 5.15. The Morgan fingerprint density at radius 1 is 1.33 bits per heavy atom. The van der Waals surface area contributed by atoms with Gasteiger partial charge in [-0.25, -0.2) is 0 Å². The Morgan fingerprint density at radius 2 is 2.00 bits per heavy atom. The van der Waals surface area contributed by atoms with Crippen LogP contribution in [0.5, 0.6) is 0 Å². The highest BCUT2D eigenvalue weighted by Gasteiger charge is 2.42. The van der Waals surface area contributed by atoms with E-state index < -0.39 is 0 Å². The fourth-order valence-electron chi connectivity index (χ4n) is 2.51. The molecule has 2 nitrogen and oxygen atoms in total. The van der Waals surface area contributed by atoms with Crippen molar-refractivity contribution in [3.8, 4) is 0 Å². The summed E-state index contributed by atoms with van der Waals surface area (Å²) < 4.78 is 0. The Balaban J connectivity index is 1.80. The second-order valence-electron chi connectivity index (χ2n) is 4.35. The van der Waals surface area contributed by atoms with Gasteiger partial charge in [-0.15, -0.1) is 0 Å². The minimum Gasteiger partial charge on any atom is -0.396 e. The first-order chi connectivity index (χ1) is 5.83. The molecule has 2 rings (SSSR count). The van der Waals surface area contributed by atoms with Gasteiger partial charge in [-0.05, 0) is 32.2 Å². The van der Waals surface area contributed by atoms with Gasteiger partial charge >= 0.3 is 0 Å². The molecule has 2 saturated carbocycles. The lowest BCUT2D eigenvalue weighted by Gasteiger charge is -2.24. The van der Waals surface area contributed by atoms with Crippen molar-refractivity contribution in [1.29, 1.82) is 0 Å². The summed E-state index contributed by atoms with van der Waals surface area (Å²) in [7, 11) is 2.23. The summed E-state index contributed by atoms with van der Waals surface area (Å²) >= 11 is 0. The highest BCUT2D eigenvalue weighted by atomic mass is 16.3. The molecule has 0 aromatic heterocycles. The maximum absolute atomic E-state index is 8.94. The third kappa shape index (κ3) is 1.50. The van der Waals surface area contributed by atoms with E-state index in [0.717, 1.165) is 6.04 Å². The zero-order chi connectivity index (χ0) is 8.55. The molecule has 2 atom stereocenters. The van der Waals surface area contributed by atoms with E-state index in [4.69, 9.17) is 5.11 Å². The van der Waals surface area contributed by atoms with Crippen LogP contribution < -0.4 is 0 Å². The van der Waals surface area contributed by atoms with Crippen molar-refractivity contribution >= 4 is 0 Å². The van der Waals surface area contributed by atoms with Crippen LogP contribution >= 0.6 is 0 Å². The molecule has 0 radical (unpaired) electrons. The Hall–Kier alpha value is -0.0800. The van der Waals surface area contributed by atoms with Crippen LogP contribution in [0.3, 0.4) is 0 Å². The van der Waals surface area contributed by atoms with E-state index in [2.05, 4.69) is 11.9 Å². The third-order valence-corrected chi connectivity index (χ3v) is 3.54. The van der Waals surface area contributed by atoms with E-state index in [1.165, 1.54) is 32.1 Å². The van der Waals surface area contributed by atoms with E-state index in [1.807, 2.05) is 0 Å². The first kappa shape index (κ1) is 8.52. The second kappa shape index (κ2) is 3.35. The van der Waals surface area contributed by atoms with Gasteiger partial charge in [0.15, 0.2) is 0 Å². The molecule has 2 aliphatic rings. The number of rotatable bonds is 3. The predicted molar refractivity (Wildman–Crippen MR) is 49.0 cm³/mol. The SMILES string of the molecule is CN(C1CCCC1)C1CC1CO. The molecule has 1 N–H and O–H groups in total. The average Bonchev–Trinajstić information content (AvgIpc) is 2.68. The van der Waals surface area contributed by atoms with Crippen LogP contribution in [0.1, 0.15) is 32.1 Å². The van der Waals surface area contributed by atoms with Crippen molar-refractivity contribution in [2.45, 2.75) is 44.2 Å². The Kier molecular flexibility index (Phi) is 2.37. The second-order valence-corrected chi connectivity index (χ2v) is 4.35. The fourth-order valence-corrected chi connectivity index (χ4v) is 2.51. The van der Waals surface area contributed by atoms with Crippen LogP contribution in [0.4, 0.5) is 0 Å². The molecule has 70 valence electrons. The van der Waals surface area contributed by atoms with Crippen molar-refractivity contribution in [2.24, 2.45) is 5.92 Å². The van der Waals surface area contributed by atoms with Crippen molar-refractivity contribution in [3.05, 3.63) is 0 Å². The Morgan fingerprint density at radius 3 is 2.50 bits per heavy atom. The van der Waals surface area contributed by atoms with E-state index >= 15 is 0 Å². The summed E-state index contributed by atoms with van der Waals surface area (Å²) in [4.78, 5) is 2.51. The summed E-state index contributed by atoms with van der Waals surface area (Å²) in [6.45, 7) is 0.391. The minimum absolute atomic E-state index is 0.391. The Labute approximate surface area is 74.6 Å². The third-order valence-electron chi connectivity index (χ3n) is 3.54. The normalized spacial score (nSPS) is 36.2. The largest absolute Gasteiger partial charge is 0.396 e. The highest BCUT2D eigenvalue weighted by Crippen LogP contribution is 2.38. The Bertz CT molecular complexity index is 154. The molecular formula is C10H19NO. The van der Waals surface area contributed by atoms with Crippen molar-refractivity contribution in [2.75, 3.05) is 13.7 Å². The minimum atomic E-state index is 0.391. The number of aliphatic hydroxyl groups excluding tert-OH is 1. The van der Waals surface area contributed by atoms with E-state index in [9.17, 15) is 0 Å². The molecule has 12 heavy (non-hydrogen) atoms. The maximum atomic E-state index is 8.94. The zero-order valence-electron chi connectivity index (χ0n) is 7.87. The van der Waals surface area contributed by atoms with Crippen LogP contribution in [-0.2, 0) is 0 Å². The van der Waals surface area contributed by atoms with Gasteiger partial charge in [-0.2, -0.15) is 0 Å². The molecule has 0 aromatic carbocycles. The smallest absolute Gasteiger partial charge is 0.0474 e. The van der Waals surface area contributed by atoms with E-state index in [-0.39, 0.29) is 0 Å². The van der Waals surface area contributed by atoms with Crippen LogP contribution in [0.15, 0.2) is 0 Å². The van der Waals surface area contributed by atoms with Crippen LogP contribution in [-0.4, -0.2) is 35.7 Å². The molecule has 2 aliphatic carbocycles. The van der Waals surface area contributed by atoms with Crippen LogP contribution in [0.25, 0.3) is 0 Å². The van der Waals surface area contributed by atoms with Crippen LogP contribution in [0.2, 0.25) is 0 Å². The molecule has 0 spiro atoms. The van der Waals surface area contributed by atoms with Gasteiger partial charge in [-0.1, -0.05) is 12.8 Å². The summed E-state index contributed by atoms with van der Waals surface area (Å²) in [5.41, 5.74) is 0. The molecule has 0 aliphatic heterocycles. The molecule has 0 aromatic rings. The van der Waals surface area contributed by atoms with Gasteiger partial charge in [0.2, 0.25) is 0 Å². The lowest BCUT2D eigenvalue weighted by atomic mass is 10.2. The quantitative estimate of drug-likeness (QED) is 0.687. The summed E-state index contributed by atoms with van der Waals surface area (Å²) in [5.74, 6) is 0.593. The number of hydrogen-bond donors (Lipinski definition) is 1. The number of hydrogen-bond acceptors (Lipinski definition) is 2. The summed E-state index contributed by atoms with van der Waals surface area (Å²) in [6.07, 6.45) is 6.80. The molecule has 2 heteroatoms. The average molecular weight is 169 g/mol. The van der Waals surface area contributed by atoms with Crippen molar-refractivity contribution < 1.29 is 5.11 Å². The highest BCUT2D eigenvalue weighted by molar-refractivity contribution is 4.96. The lowest BCUT2D eigenvalue weighted by Crippen LogP contribution is -2.32. The standard InChI is InChI=1S/C10H19NO/c1-11(9-4-2-3-5-9)10-6-8(10)7-12/h8-10,12H,2-7H2,1H3. The van der Waals surface area contributed by atoms with Gasteiger partial charge in [0.1, 0.15) is 0 Å². The molecule has 0 heterocycles. The monoisotopic (exact) mass is 169 g/mol. The lowest BCUT2D eigenvalue weighted by molar-refractivity contribution is 0.199. The van der Waals surface area contributed by atoms with Gasteiger partial charge < -0.3 is 10.0 Å². The van der Waals surface area contributed by atoms with Gasteiger partial charge in [0, 0.05) is 18.7 Å². The molecule has 2 fully saturated rings. The first-order valence-electron chi connectivity index (χ1n) is 5.15. The summed E-state index contributed by atoms with van der Waals surface area (Å²) in [6, 6.07) is 1.53. The van der Waals surface area contributed by atoms with Crippen LogP contribution in [0, 0.1) is 5.92 Å². The number of aliphatic hydroxyl groups is 1. The van der Waals surface area contributed by atoms with Gasteiger partial charge in [-0.3, -0.25) is 0 Å². The molecule has 0 saturated heterocycles. The van der Waals surface area contributed by atoms with E-state index in [0.29, 0.717) is 18.6 Å². The fraction of sp³-hybridized carbons (Fsp3) is 1.00. The summed E-state index contributed by atoms with van der Waals surface area (Å²) in [5, 5.41) is 8.94. The van der Waals surface area contributed by atoms with Crippen molar-refractivity contribution in [1.82, 2.24) is 4.90 Å².